The van der Waals surface area contributed by atoms with Crippen molar-refractivity contribution >= 4 is 23.9 Å². The van der Waals surface area contributed by atoms with E-state index in [9.17, 15) is 19.2 Å². The Labute approximate surface area is 371 Å². The second-order valence-electron chi connectivity index (χ2n) is 15.1. The smallest absolute Gasteiger partial charge is 0.343 e. The third-order valence-corrected chi connectivity index (χ3v) is 10.1. The summed E-state index contributed by atoms with van der Waals surface area (Å²) in [5.41, 5.74) is 1.16. The Morgan fingerprint density at radius 3 is 1.08 bits per heavy atom. The Bertz CT molecular complexity index is 2180. The molecule has 0 amide bonds. The number of ether oxygens (including phenoxy) is 6. The van der Waals surface area contributed by atoms with Crippen LogP contribution in [0, 0.1) is 0 Å². The number of hydrogen-bond donors (Lipinski definition) is 0. The van der Waals surface area contributed by atoms with E-state index in [4.69, 9.17) is 28.4 Å². The van der Waals surface area contributed by atoms with Crippen molar-refractivity contribution in [1.29, 1.82) is 0 Å². The van der Waals surface area contributed by atoms with Gasteiger partial charge in [-0.15, -0.1) is 6.58 Å². The second kappa shape index (κ2) is 26.6. The highest BCUT2D eigenvalue weighted by atomic mass is 16.6. The quantitative estimate of drug-likeness (QED) is 0.0218. The molecule has 0 saturated carbocycles. The summed E-state index contributed by atoms with van der Waals surface area (Å²) in [4.78, 5) is 51.4. The van der Waals surface area contributed by atoms with Gasteiger partial charge in [0.2, 0.25) is 0 Å². The number of hydrogen-bond acceptors (Lipinski definition) is 10. The molecule has 0 saturated heterocycles. The van der Waals surface area contributed by atoms with E-state index in [2.05, 4.69) is 13.5 Å². The molecule has 0 heterocycles. The Morgan fingerprint density at radius 1 is 0.397 bits per heavy atom. The third kappa shape index (κ3) is 17.0. The zero-order chi connectivity index (χ0) is 44.5. The molecule has 0 aliphatic carbocycles. The van der Waals surface area contributed by atoms with E-state index < -0.39 is 23.9 Å². The highest BCUT2D eigenvalue weighted by Gasteiger charge is 2.15. The summed E-state index contributed by atoms with van der Waals surface area (Å²) in [6, 6.07) is 31.7. The first kappa shape index (κ1) is 47.4. The van der Waals surface area contributed by atoms with Gasteiger partial charge in [0.25, 0.3) is 0 Å². The van der Waals surface area contributed by atoms with Gasteiger partial charge in [-0.1, -0.05) is 83.3 Å². The van der Waals surface area contributed by atoms with Crippen molar-refractivity contribution in [1.82, 2.24) is 0 Å². The van der Waals surface area contributed by atoms with E-state index >= 15 is 0 Å². The fraction of sp³-hybridized carbons (Fsp3) is 0.321. The van der Waals surface area contributed by atoms with Crippen LogP contribution in [0.25, 0.3) is 0 Å². The fourth-order valence-corrected chi connectivity index (χ4v) is 6.49. The first-order valence-electron chi connectivity index (χ1n) is 22.1. The van der Waals surface area contributed by atoms with Crippen LogP contribution < -0.4 is 28.4 Å². The number of unbranched alkanes of at least 4 members (excludes halogenated alkanes) is 12. The average Bonchev–Trinajstić information content (AvgIpc) is 3.30. The molecule has 0 unspecified atom stereocenters. The van der Waals surface area contributed by atoms with Crippen molar-refractivity contribution in [2.45, 2.75) is 96.8 Å². The van der Waals surface area contributed by atoms with Crippen molar-refractivity contribution in [2.24, 2.45) is 0 Å². The van der Waals surface area contributed by atoms with Gasteiger partial charge in [0.15, 0.2) is 0 Å². The predicted molar refractivity (Wildman–Crippen MR) is 244 cm³/mol. The summed E-state index contributed by atoms with van der Waals surface area (Å²) >= 11 is 0. The number of allylic oxidation sites excluding steroid dienone is 1. The van der Waals surface area contributed by atoms with Gasteiger partial charge < -0.3 is 28.4 Å². The number of carbonyl (C=O) groups excluding carboxylic acids is 4. The van der Waals surface area contributed by atoms with Crippen molar-refractivity contribution in [3.05, 3.63) is 156 Å². The van der Waals surface area contributed by atoms with Gasteiger partial charge in [-0.3, -0.25) is 0 Å². The lowest BCUT2D eigenvalue weighted by Gasteiger charge is -2.09. The Hall–Kier alpha value is -6.68. The van der Waals surface area contributed by atoms with E-state index in [0.29, 0.717) is 35.8 Å². The van der Waals surface area contributed by atoms with Gasteiger partial charge >= 0.3 is 23.9 Å². The summed E-state index contributed by atoms with van der Waals surface area (Å²) < 4.78 is 33.7. The SMILES string of the molecule is C=CCCCCCCCCCOc1ccc(C(=O)Oc2ccc(C(=O)Oc3cccc(OC(=O)c4ccc(OC(=O)c5ccc(OCCCCCCCC)cc5)cc4)c3)cc2)cc1. The van der Waals surface area contributed by atoms with Crippen LogP contribution in [-0.2, 0) is 0 Å². The molecule has 0 fully saturated rings. The van der Waals surface area contributed by atoms with Crippen LogP contribution in [0.5, 0.6) is 34.5 Å². The molecule has 63 heavy (non-hydrogen) atoms. The van der Waals surface area contributed by atoms with Crippen molar-refractivity contribution < 1.29 is 47.6 Å². The maximum Gasteiger partial charge on any atom is 0.343 e. The molecule has 330 valence electrons. The zero-order valence-electron chi connectivity index (χ0n) is 36.2. The molecule has 5 aromatic rings. The Balaban J connectivity index is 1.01. The van der Waals surface area contributed by atoms with Crippen LogP contribution in [0.1, 0.15) is 138 Å². The molecule has 0 radical (unpaired) electrons. The van der Waals surface area contributed by atoms with Crippen molar-refractivity contribution in [3.63, 3.8) is 0 Å². The highest BCUT2D eigenvalue weighted by Crippen LogP contribution is 2.24. The Morgan fingerprint density at radius 2 is 0.714 bits per heavy atom. The number of benzene rings is 5. The molecule has 10 heteroatoms. The fourth-order valence-electron chi connectivity index (χ4n) is 6.49. The van der Waals surface area contributed by atoms with Gasteiger partial charge in [-0.05, 0) is 135 Å². The molecule has 0 aliphatic rings. The average molecular weight is 855 g/mol. The summed E-state index contributed by atoms with van der Waals surface area (Å²) in [5, 5.41) is 0. The molecule has 0 N–H and O–H groups in total. The van der Waals surface area contributed by atoms with Gasteiger partial charge in [0, 0.05) is 6.07 Å². The van der Waals surface area contributed by atoms with Gasteiger partial charge in [0.1, 0.15) is 34.5 Å². The normalized spacial score (nSPS) is 10.7. The minimum absolute atomic E-state index is 0.151. The van der Waals surface area contributed by atoms with Crippen molar-refractivity contribution in [2.75, 3.05) is 13.2 Å². The van der Waals surface area contributed by atoms with Crippen LogP contribution in [0.2, 0.25) is 0 Å². The van der Waals surface area contributed by atoms with Gasteiger partial charge in [0.05, 0.1) is 35.5 Å². The minimum Gasteiger partial charge on any atom is -0.494 e. The molecule has 10 nitrogen and oxygen atoms in total. The largest absolute Gasteiger partial charge is 0.494 e. The second-order valence-corrected chi connectivity index (χ2v) is 15.1. The van der Waals surface area contributed by atoms with Gasteiger partial charge in [-0.25, -0.2) is 19.2 Å². The van der Waals surface area contributed by atoms with Crippen LogP contribution >= 0.6 is 0 Å². The van der Waals surface area contributed by atoms with Crippen LogP contribution in [-0.4, -0.2) is 37.1 Å². The van der Waals surface area contributed by atoms with E-state index in [-0.39, 0.29) is 34.1 Å². The topological polar surface area (TPSA) is 124 Å². The number of carbonyl (C=O) groups is 4. The molecule has 0 aromatic heterocycles. The Kier molecular flexibility index (Phi) is 20.0. The summed E-state index contributed by atoms with van der Waals surface area (Å²) in [6.07, 6.45) is 18.4. The van der Waals surface area contributed by atoms with Gasteiger partial charge in [-0.2, -0.15) is 0 Å². The molecule has 0 spiro atoms. The van der Waals surface area contributed by atoms with Crippen LogP contribution in [0.3, 0.4) is 0 Å². The standard InChI is InChI=1S/C53H58O10/c1-3-5-7-9-11-12-13-15-17-38-59-45-31-23-41(24-32-45)51(55)61-47-35-27-43(28-36-47)53(57)63-49-20-18-19-48(39-49)62-52(56)42-25-33-46(34-26-42)60-50(54)40-21-29-44(30-22-40)58-37-16-14-10-8-6-4-2/h3,18-36,39H,1,4-17,37-38H2,2H3. The lowest BCUT2D eigenvalue weighted by molar-refractivity contribution is 0.0723. The first-order chi connectivity index (χ1) is 30.8. The monoisotopic (exact) mass is 854 g/mol. The molecular weight excluding hydrogens is 797 g/mol. The van der Waals surface area contributed by atoms with Crippen LogP contribution in [0.4, 0.5) is 0 Å². The summed E-state index contributed by atoms with van der Waals surface area (Å²) in [7, 11) is 0. The first-order valence-corrected chi connectivity index (χ1v) is 22.1. The van der Waals surface area contributed by atoms with E-state index in [0.717, 1.165) is 32.1 Å². The zero-order valence-corrected chi connectivity index (χ0v) is 36.2. The lowest BCUT2D eigenvalue weighted by atomic mass is 10.1. The summed E-state index contributed by atoms with van der Waals surface area (Å²) in [5.74, 6) is -0.208. The van der Waals surface area contributed by atoms with E-state index in [1.807, 2.05) is 6.08 Å². The van der Waals surface area contributed by atoms with E-state index in [1.54, 1.807) is 66.7 Å². The summed E-state index contributed by atoms with van der Waals surface area (Å²) in [6.45, 7) is 7.22. The maximum absolute atomic E-state index is 12.9. The molecule has 5 rings (SSSR count). The minimum atomic E-state index is -0.663. The molecule has 0 bridgehead atoms. The maximum atomic E-state index is 12.9. The van der Waals surface area contributed by atoms with Crippen LogP contribution in [0.15, 0.2) is 134 Å². The molecule has 0 atom stereocenters. The third-order valence-electron chi connectivity index (χ3n) is 10.1. The predicted octanol–water partition coefficient (Wildman–Crippen LogP) is 13.0. The highest BCUT2D eigenvalue weighted by molar-refractivity contribution is 5.94. The molecule has 0 aliphatic heterocycles. The lowest BCUT2D eigenvalue weighted by Crippen LogP contribution is -2.11. The molecular formula is C53H58O10. The number of rotatable bonds is 27. The van der Waals surface area contributed by atoms with Crippen molar-refractivity contribution in [3.8, 4) is 34.5 Å². The number of esters is 4. The van der Waals surface area contributed by atoms with E-state index in [1.165, 1.54) is 112 Å². The molecule has 5 aromatic carbocycles.